The standard InChI is InChI=1S/C14H17N3O/c1-11(2)17-9-8-15-13(14(17)18)16-10-12-6-4-3-5-7-12/h3-9,11H,10H2,1-2H3,(H,15,16). The van der Waals surface area contributed by atoms with Gasteiger partial charge < -0.3 is 9.88 Å². The molecule has 4 heteroatoms. The maximum atomic E-state index is 12.1. The Morgan fingerprint density at radius 2 is 2.00 bits per heavy atom. The maximum Gasteiger partial charge on any atom is 0.293 e. The first-order valence-corrected chi connectivity index (χ1v) is 6.03. The Bertz CT molecular complexity index is 561. The van der Waals surface area contributed by atoms with Gasteiger partial charge in [0, 0.05) is 25.0 Å². The number of nitrogens with zero attached hydrogens (tertiary/aromatic N) is 2. The lowest BCUT2D eigenvalue weighted by Crippen LogP contribution is -2.25. The van der Waals surface area contributed by atoms with Gasteiger partial charge in [0.25, 0.3) is 5.56 Å². The molecule has 1 aromatic carbocycles. The molecule has 1 N–H and O–H groups in total. The summed E-state index contributed by atoms with van der Waals surface area (Å²) in [6, 6.07) is 10.1. The van der Waals surface area contributed by atoms with Crippen LogP contribution in [0.1, 0.15) is 25.5 Å². The van der Waals surface area contributed by atoms with Gasteiger partial charge in [-0.1, -0.05) is 30.3 Å². The molecule has 0 fully saturated rings. The van der Waals surface area contributed by atoms with Crippen LogP contribution in [0.2, 0.25) is 0 Å². The van der Waals surface area contributed by atoms with Crippen LogP contribution >= 0.6 is 0 Å². The van der Waals surface area contributed by atoms with Crippen molar-refractivity contribution in [3.8, 4) is 0 Å². The van der Waals surface area contributed by atoms with E-state index in [0.717, 1.165) is 5.56 Å². The molecule has 0 aliphatic carbocycles. The zero-order valence-electron chi connectivity index (χ0n) is 10.6. The molecule has 1 aromatic heterocycles. The second-order valence-corrected chi connectivity index (χ2v) is 4.42. The van der Waals surface area contributed by atoms with Crippen molar-refractivity contribution in [2.75, 3.05) is 5.32 Å². The first-order chi connectivity index (χ1) is 8.68. The van der Waals surface area contributed by atoms with Crippen molar-refractivity contribution in [2.45, 2.75) is 26.4 Å². The minimum atomic E-state index is -0.0802. The minimum Gasteiger partial charge on any atom is -0.361 e. The highest BCUT2D eigenvalue weighted by molar-refractivity contribution is 5.32. The topological polar surface area (TPSA) is 46.9 Å². The van der Waals surface area contributed by atoms with Crippen LogP contribution in [0.5, 0.6) is 0 Å². The molecule has 94 valence electrons. The van der Waals surface area contributed by atoms with Gasteiger partial charge in [-0.2, -0.15) is 0 Å². The normalized spacial score (nSPS) is 10.6. The molecule has 0 spiro atoms. The molecule has 0 saturated carbocycles. The summed E-state index contributed by atoms with van der Waals surface area (Å²) in [6.45, 7) is 4.55. The van der Waals surface area contributed by atoms with Gasteiger partial charge in [0.15, 0.2) is 5.82 Å². The zero-order valence-corrected chi connectivity index (χ0v) is 10.6. The molecule has 0 unspecified atom stereocenters. The Balaban J connectivity index is 2.15. The summed E-state index contributed by atoms with van der Waals surface area (Å²) in [5, 5.41) is 3.08. The minimum absolute atomic E-state index is 0.0802. The van der Waals surface area contributed by atoms with E-state index in [4.69, 9.17) is 0 Å². The zero-order chi connectivity index (χ0) is 13.0. The van der Waals surface area contributed by atoms with Gasteiger partial charge in [-0.3, -0.25) is 4.79 Å². The average Bonchev–Trinajstić information content (AvgIpc) is 2.38. The van der Waals surface area contributed by atoms with E-state index in [2.05, 4.69) is 10.3 Å². The molecule has 0 amide bonds. The molecule has 2 rings (SSSR count). The van der Waals surface area contributed by atoms with Crippen LogP contribution in [0.15, 0.2) is 47.5 Å². The Morgan fingerprint density at radius 1 is 1.28 bits per heavy atom. The first-order valence-electron chi connectivity index (χ1n) is 6.03. The Labute approximate surface area is 106 Å². The third-order valence-electron chi connectivity index (χ3n) is 2.73. The van der Waals surface area contributed by atoms with Crippen molar-refractivity contribution >= 4 is 5.82 Å². The van der Waals surface area contributed by atoms with Crippen molar-refractivity contribution in [2.24, 2.45) is 0 Å². The quantitative estimate of drug-likeness (QED) is 0.897. The fourth-order valence-corrected chi connectivity index (χ4v) is 1.73. The molecule has 18 heavy (non-hydrogen) atoms. The summed E-state index contributed by atoms with van der Waals surface area (Å²) in [5.74, 6) is 0.398. The maximum absolute atomic E-state index is 12.1. The Hall–Kier alpha value is -2.10. The number of rotatable bonds is 4. The van der Waals surface area contributed by atoms with E-state index in [1.807, 2.05) is 44.2 Å². The highest BCUT2D eigenvalue weighted by atomic mass is 16.1. The summed E-state index contributed by atoms with van der Waals surface area (Å²) in [4.78, 5) is 16.2. The van der Waals surface area contributed by atoms with Crippen LogP contribution in [-0.4, -0.2) is 9.55 Å². The molecule has 0 saturated heterocycles. The fraction of sp³-hybridized carbons (Fsp3) is 0.286. The van der Waals surface area contributed by atoms with Crippen molar-refractivity contribution < 1.29 is 0 Å². The van der Waals surface area contributed by atoms with Gasteiger partial charge in [0.05, 0.1) is 0 Å². The summed E-state index contributed by atoms with van der Waals surface area (Å²) < 4.78 is 1.67. The second-order valence-electron chi connectivity index (χ2n) is 4.42. The number of hydrogen-bond donors (Lipinski definition) is 1. The number of benzene rings is 1. The molecule has 0 radical (unpaired) electrons. The molecule has 0 aliphatic heterocycles. The number of aromatic nitrogens is 2. The van der Waals surface area contributed by atoms with E-state index < -0.39 is 0 Å². The highest BCUT2D eigenvalue weighted by Gasteiger charge is 2.06. The molecular weight excluding hydrogens is 226 g/mol. The van der Waals surface area contributed by atoms with E-state index >= 15 is 0 Å². The number of nitrogens with one attached hydrogen (secondary N) is 1. The number of hydrogen-bond acceptors (Lipinski definition) is 3. The van der Waals surface area contributed by atoms with Crippen LogP contribution in [0, 0.1) is 0 Å². The van der Waals surface area contributed by atoms with Gasteiger partial charge in [0.1, 0.15) is 0 Å². The van der Waals surface area contributed by atoms with Gasteiger partial charge >= 0.3 is 0 Å². The highest BCUT2D eigenvalue weighted by Crippen LogP contribution is 2.04. The lowest BCUT2D eigenvalue weighted by Gasteiger charge is -2.11. The second kappa shape index (κ2) is 5.49. The van der Waals surface area contributed by atoms with E-state index in [1.54, 1.807) is 17.0 Å². The van der Waals surface area contributed by atoms with Crippen LogP contribution in [0.4, 0.5) is 5.82 Å². The van der Waals surface area contributed by atoms with E-state index in [9.17, 15) is 4.79 Å². The van der Waals surface area contributed by atoms with Gasteiger partial charge in [-0.25, -0.2) is 4.98 Å². The van der Waals surface area contributed by atoms with Gasteiger partial charge in [0.2, 0.25) is 0 Å². The predicted octanol–water partition coefficient (Wildman–Crippen LogP) is 2.44. The van der Waals surface area contributed by atoms with Crippen molar-refractivity contribution in [3.05, 3.63) is 58.6 Å². The summed E-state index contributed by atoms with van der Waals surface area (Å²) >= 11 is 0. The summed E-state index contributed by atoms with van der Waals surface area (Å²) in [7, 11) is 0. The third-order valence-corrected chi connectivity index (χ3v) is 2.73. The van der Waals surface area contributed by atoms with Crippen LogP contribution in [0.3, 0.4) is 0 Å². The molecule has 1 heterocycles. The van der Waals surface area contributed by atoms with Crippen LogP contribution in [0.25, 0.3) is 0 Å². The van der Waals surface area contributed by atoms with E-state index in [-0.39, 0.29) is 11.6 Å². The Kier molecular flexibility index (Phi) is 3.77. The van der Waals surface area contributed by atoms with Crippen molar-refractivity contribution in [1.29, 1.82) is 0 Å². The summed E-state index contributed by atoms with van der Waals surface area (Å²) in [5.41, 5.74) is 1.04. The molecule has 0 atom stereocenters. The molecule has 0 bridgehead atoms. The first kappa shape index (κ1) is 12.4. The van der Waals surface area contributed by atoms with Crippen molar-refractivity contribution in [3.63, 3.8) is 0 Å². The molecule has 0 aliphatic rings. The number of anilines is 1. The lowest BCUT2D eigenvalue weighted by atomic mass is 10.2. The molecule has 4 nitrogen and oxygen atoms in total. The van der Waals surface area contributed by atoms with Gasteiger partial charge in [-0.05, 0) is 19.4 Å². The SMILES string of the molecule is CC(C)n1ccnc(NCc2ccccc2)c1=O. The van der Waals surface area contributed by atoms with Gasteiger partial charge in [-0.15, -0.1) is 0 Å². The largest absolute Gasteiger partial charge is 0.361 e. The fourth-order valence-electron chi connectivity index (χ4n) is 1.73. The monoisotopic (exact) mass is 243 g/mol. The lowest BCUT2D eigenvalue weighted by molar-refractivity contribution is 0.575. The third kappa shape index (κ3) is 2.77. The molecular formula is C14H17N3O. The van der Waals surface area contributed by atoms with E-state index in [0.29, 0.717) is 12.4 Å². The average molecular weight is 243 g/mol. The molecule has 2 aromatic rings. The predicted molar refractivity (Wildman–Crippen MR) is 72.7 cm³/mol. The summed E-state index contributed by atoms with van der Waals surface area (Å²) in [6.07, 6.45) is 3.36. The Morgan fingerprint density at radius 3 is 2.67 bits per heavy atom. The van der Waals surface area contributed by atoms with E-state index in [1.165, 1.54) is 0 Å². The van der Waals surface area contributed by atoms with Crippen LogP contribution < -0.4 is 10.9 Å². The van der Waals surface area contributed by atoms with Crippen molar-refractivity contribution in [1.82, 2.24) is 9.55 Å². The smallest absolute Gasteiger partial charge is 0.293 e. The van der Waals surface area contributed by atoms with Crippen LogP contribution in [-0.2, 0) is 6.54 Å².